The van der Waals surface area contributed by atoms with E-state index in [0.29, 0.717) is 41.9 Å². The van der Waals surface area contributed by atoms with E-state index in [2.05, 4.69) is 26.6 Å². The lowest BCUT2D eigenvalue weighted by molar-refractivity contribution is -0.142. The second-order valence-corrected chi connectivity index (χ2v) is 14.6. The van der Waals surface area contributed by atoms with Crippen molar-refractivity contribution in [1.82, 2.24) is 26.6 Å². The molecule has 6 rings (SSSR count). The molecule has 302 valence electrons. The highest BCUT2D eigenvalue weighted by Gasteiger charge is 2.35. The van der Waals surface area contributed by atoms with Crippen molar-refractivity contribution < 1.29 is 43.4 Å². The van der Waals surface area contributed by atoms with Crippen molar-refractivity contribution in [2.45, 2.75) is 102 Å². The number of nitrogens with one attached hydrogen (secondary N) is 5. The molecule has 1 saturated carbocycles. The highest BCUT2D eigenvalue weighted by atomic mass is 16.5. The maximum atomic E-state index is 14.1. The van der Waals surface area contributed by atoms with Crippen LogP contribution in [0.1, 0.15) is 87.4 Å². The standard InChI is InChI=1S/C43H51N5O9/c1-2-11-33(39(51)42(54)44-26-36(50)48-38(43(55)56)30-16-7-4-8-17-30)45-40(52)34-25-28-13-9-18-32(24-28)57-31-22-20-27(21-23-31)12-10-19-35(49)47-37(41(53)46-34)29-14-5-3-6-15-29/h4,7-9,13,16-18,20-24,29,33-34,37-38H,2-3,5-6,10-12,14-15,19,25-26H2,1H3,(H,44,54)(H,45,52)(H,46,53)(H,47,49)(H,48,50)(H,55,56)/t33?,34-,37-,38-/m0/s1. The van der Waals surface area contributed by atoms with Gasteiger partial charge in [-0.05, 0) is 79.0 Å². The smallest absolute Gasteiger partial charge is 0.330 e. The lowest BCUT2D eigenvalue weighted by atomic mass is 9.83. The first-order valence-electron chi connectivity index (χ1n) is 19.7. The van der Waals surface area contributed by atoms with Gasteiger partial charge in [-0.2, -0.15) is 0 Å². The van der Waals surface area contributed by atoms with Crippen molar-refractivity contribution in [3.8, 4) is 11.5 Å². The molecule has 6 N–H and O–H groups in total. The van der Waals surface area contributed by atoms with Crippen molar-refractivity contribution in [2.24, 2.45) is 5.92 Å². The van der Waals surface area contributed by atoms with Gasteiger partial charge < -0.3 is 36.4 Å². The van der Waals surface area contributed by atoms with Gasteiger partial charge in [0.1, 0.15) is 23.6 Å². The van der Waals surface area contributed by atoms with E-state index in [1.165, 1.54) is 12.1 Å². The molecule has 14 nitrogen and oxygen atoms in total. The number of hydrogen-bond donors (Lipinski definition) is 6. The van der Waals surface area contributed by atoms with Gasteiger partial charge in [-0.3, -0.25) is 28.8 Å². The van der Waals surface area contributed by atoms with Crippen molar-refractivity contribution in [3.63, 3.8) is 0 Å². The minimum absolute atomic E-state index is 0.00932. The first-order valence-corrected chi connectivity index (χ1v) is 19.7. The van der Waals surface area contributed by atoms with Crippen LogP contribution in [0.2, 0.25) is 0 Å². The number of rotatable bonds is 12. The molecule has 0 spiro atoms. The Balaban J connectivity index is 1.34. The average molecular weight is 782 g/mol. The van der Waals surface area contributed by atoms with Gasteiger partial charge in [0.25, 0.3) is 5.91 Å². The molecule has 2 aliphatic heterocycles. The number of ketones is 1. The molecular formula is C43H51N5O9. The molecule has 5 amide bonds. The highest BCUT2D eigenvalue weighted by molar-refractivity contribution is 6.38. The molecule has 2 heterocycles. The van der Waals surface area contributed by atoms with Gasteiger partial charge in [-0.15, -0.1) is 0 Å². The summed E-state index contributed by atoms with van der Waals surface area (Å²) in [5, 5.41) is 22.7. The van der Waals surface area contributed by atoms with E-state index < -0.39 is 66.1 Å². The summed E-state index contributed by atoms with van der Waals surface area (Å²) in [5.41, 5.74) is 2.01. The zero-order chi connectivity index (χ0) is 40.7. The number of benzene rings is 3. The lowest BCUT2D eigenvalue weighted by Crippen LogP contribution is -2.59. The Kier molecular flexibility index (Phi) is 15.3. The number of carboxylic acids is 1. The summed E-state index contributed by atoms with van der Waals surface area (Å²) in [6.45, 7) is 1.08. The molecule has 1 unspecified atom stereocenters. The van der Waals surface area contributed by atoms with Crippen LogP contribution < -0.4 is 31.3 Å². The summed E-state index contributed by atoms with van der Waals surface area (Å²) in [6, 6.07) is 17.9. The normalized spacial score (nSPS) is 18.9. The topological polar surface area (TPSA) is 209 Å². The van der Waals surface area contributed by atoms with Gasteiger partial charge in [0.15, 0.2) is 6.04 Å². The fourth-order valence-corrected chi connectivity index (χ4v) is 7.25. The Hall–Kier alpha value is -6.05. The van der Waals surface area contributed by atoms with Crippen LogP contribution in [0.5, 0.6) is 11.5 Å². The van der Waals surface area contributed by atoms with Crippen LogP contribution >= 0.6 is 0 Å². The third-order valence-corrected chi connectivity index (χ3v) is 10.2. The van der Waals surface area contributed by atoms with Gasteiger partial charge in [0.05, 0.1) is 12.6 Å². The minimum Gasteiger partial charge on any atom is -0.479 e. The average Bonchev–Trinajstić information content (AvgIpc) is 3.21. The molecule has 3 aliphatic rings. The van der Waals surface area contributed by atoms with E-state index in [-0.39, 0.29) is 31.1 Å². The Morgan fingerprint density at radius 2 is 1.54 bits per heavy atom. The van der Waals surface area contributed by atoms with Crippen LogP contribution in [0.3, 0.4) is 0 Å². The minimum atomic E-state index is -1.38. The van der Waals surface area contributed by atoms with E-state index in [0.717, 1.165) is 37.7 Å². The number of aliphatic carboxylic acids is 1. The molecule has 14 heteroatoms. The number of amides is 5. The largest absolute Gasteiger partial charge is 0.479 e. The summed E-state index contributed by atoms with van der Waals surface area (Å²) in [5.74, 6) is -4.84. The van der Waals surface area contributed by atoms with Crippen LogP contribution in [0.4, 0.5) is 0 Å². The summed E-state index contributed by atoms with van der Waals surface area (Å²) in [7, 11) is 0. The number of hydrogen-bond acceptors (Lipinski definition) is 8. The number of Topliss-reactive ketones (excluding diaryl/α,β-unsaturated/α-hetero) is 1. The summed E-state index contributed by atoms with van der Waals surface area (Å²) in [6.07, 6.45) is 6.23. The van der Waals surface area contributed by atoms with Crippen molar-refractivity contribution in [2.75, 3.05) is 6.54 Å². The fraction of sp³-hybridized carbons (Fsp3) is 0.419. The number of carbonyl (C=O) groups excluding carboxylic acids is 6. The molecule has 1 fully saturated rings. The second-order valence-electron chi connectivity index (χ2n) is 14.6. The van der Waals surface area contributed by atoms with Crippen LogP contribution in [0, 0.1) is 5.92 Å². The first kappa shape index (κ1) is 42.1. The first-order chi connectivity index (χ1) is 27.5. The molecule has 0 radical (unpaired) electrons. The van der Waals surface area contributed by atoms with Crippen LogP contribution in [0.25, 0.3) is 0 Å². The van der Waals surface area contributed by atoms with Gasteiger partial charge in [0.2, 0.25) is 29.4 Å². The predicted molar refractivity (Wildman–Crippen MR) is 210 cm³/mol. The van der Waals surface area contributed by atoms with E-state index in [9.17, 15) is 38.7 Å². The van der Waals surface area contributed by atoms with Crippen molar-refractivity contribution >= 4 is 41.3 Å². The molecule has 0 saturated heterocycles. The van der Waals surface area contributed by atoms with Crippen LogP contribution in [-0.4, -0.2) is 71.1 Å². The number of fused-ring (bicyclic) bond motifs is 11. The van der Waals surface area contributed by atoms with Crippen molar-refractivity contribution in [3.05, 3.63) is 95.6 Å². The molecule has 0 aromatic heterocycles. The second kappa shape index (κ2) is 20.7. The number of ether oxygens (including phenoxy) is 1. The van der Waals surface area contributed by atoms with Crippen LogP contribution in [0.15, 0.2) is 78.9 Å². The Morgan fingerprint density at radius 1 is 0.807 bits per heavy atom. The van der Waals surface area contributed by atoms with Crippen molar-refractivity contribution in [1.29, 1.82) is 0 Å². The fourth-order valence-electron chi connectivity index (χ4n) is 7.25. The molecular weight excluding hydrogens is 730 g/mol. The van der Waals surface area contributed by atoms with E-state index in [1.807, 2.05) is 24.3 Å². The lowest BCUT2D eigenvalue weighted by Gasteiger charge is -2.31. The van der Waals surface area contributed by atoms with Gasteiger partial charge in [0, 0.05) is 12.8 Å². The quantitative estimate of drug-likeness (QED) is 0.148. The zero-order valence-electron chi connectivity index (χ0n) is 32.1. The molecule has 4 bridgehead atoms. The Labute approximate surface area is 331 Å². The number of aryl methyl sites for hydroxylation is 1. The molecule has 57 heavy (non-hydrogen) atoms. The monoisotopic (exact) mass is 781 g/mol. The van der Waals surface area contributed by atoms with E-state index in [1.54, 1.807) is 49.4 Å². The SMILES string of the molecule is CCCC(NC(=O)[C@@H]1Cc2cccc(c2)Oc2ccc(cc2)CCCC(=O)N[C@@H](C2CCCCC2)C(=O)N1)C(=O)C(=O)NCC(=O)N[C@H](C(=O)O)c1ccccc1. The molecule has 3 aromatic carbocycles. The van der Waals surface area contributed by atoms with Gasteiger partial charge >= 0.3 is 5.97 Å². The predicted octanol–water partition coefficient (Wildman–Crippen LogP) is 3.82. The maximum absolute atomic E-state index is 14.1. The third kappa shape index (κ3) is 12.5. The Bertz CT molecular complexity index is 1900. The Morgan fingerprint density at radius 3 is 2.25 bits per heavy atom. The summed E-state index contributed by atoms with van der Waals surface area (Å²) >= 11 is 0. The maximum Gasteiger partial charge on any atom is 0.330 e. The summed E-state index contributed by atoms with van der Waals surface area (Å²) in [4.78, 5) is 92.5. The number of carboxylic acid groups (broad SMARTS) is 1. The van der Waals surface area contributed by atoms with E-state index in [4.69, 9.17) is 4.74 Å². The zero-order valence-corrected chi connectivity index (χ0v) is 32.1. The van der Waals surface area contributed by atoms with Crippen LogP contribution in [-0.2, 0) is 46.4 Å². The van der Waals surface area contributed by atoms with E-state index >= 15 is 0 Å². The molecule has 3 aromatic rings. The summed E-state index contributed by atoms with van der Waals surface area (Å²) < 4.78 is 6.10. The molecule has 4 atom stereocenters. The molecule has 1 aliphatic carbocycles. The van der Waals surface area contributed by atoms with Gasteiger partial charge in [-0.1, -0.05) is 87.2 Å². The highest BCUT2D eigenvalue weighted by Crippen LogP contribution is 2.28. The van der Waals surface area contributed by atoms with Gasteiger partial charge in [-0.25, -0.2) is 4.79 Å². The number of carbonyl (C=O) groups is 7. The third-order valence-electron chi connectivity index (χ3n) is 10.2.